The number of nitrogens with one attached hydrogen (secondary N) is 1. The molecule has 104 valence electrons. The summed E-state index contributed by atoms with van der Waals surface area (Å²) >= 11 is 1.62. The first-order chi connectivity index (χ1) is 9.72. The Bertz CT molecular complexity index is 618. The highest BCUT2D eigenvalue weighted by Gasteiger charge is 2.23. The van der Waals surface area contributed by atoms with Crippen molar-refractivity contribution in [2.24, 2.45) is 5.92 Å². The SMILES string of the molecule is Cc1nc(-c2cccc(NC(=O)[C@H]3CCOC3)c2)cs1. The van der Waals surface area contributed by atoms with Crippen LogP contribution in [0.1, 0.15) is 11.4 Å². The van der Waals surface area contributed by atoms with Crippen LogP contribution in [-0.4, -0.2) is 24.1 Å². The van der Waals surface area contributed by atoms with Gasteiger partial charge in [-0.2, -0.15) is 0 Å². The molecule has 0 unspecified atom stereocenters. The number of rotatable bonds is 3. The number of amides is 1. The molecule has 0 aliphatic carbocycles. The monoisotopic (exact) mass is 288 g/mol. The van der Waals surface area contributed by atoms with Crippen LogP contribution in [0.15, 0.2) is 29.6 Å². The normalized spacial score (nSPS) is 18.1. The fourth-order valence-corrected chi connectivity index (χ4v) is 2.86. The maximum atomic E-state index is 12.1. The van der Waals surface area contributed by atoms with E-state index < -0.39 is 0 Å². The summed E-state index contributed by atoms with van der Waals surface area (Å²) in [5, 5.41) is 6.03. The minimum absolute atomic E-state index is 0.0276. The second kappa shape index (κ2) is 5.73. The lowest BCUT2D eigenvalue weighted by Crippen LogP contribution is -2.22. The van der Waals surface area contributed by atoms with Crippen LogP contribution < -0.4 is 5.32 Å². The molecule has 0 spiro atoms. The van der Waals surface area contributed by atoms with E-state index in [1.807, 2.05) is 36.6 Å². The summed E-state index contributed by atoms with van der Waals surface area (Å²) in [6, 6.07) is 7.80. The average molecular weight is 288 g/mol. The van der Waals surface area contributed by atoms with Gasteiger partial charge in [-0.05, 0) is 25.5 Å². The van der Waals surface area contributed by atoms with E-state index in [4.69, 9.17) is 4.74 Å². The average Bonchev–Trinajstić information content (AvgIpc) is 3.10. The van der Waals surface area contributed by atoms with E-state index >= 15 is 0 Å². The number of aromatic nitrogens is 1. The Labute approximate surface area is 121 Å². The molecular weight excluding hydrogens is 272 g/mol. The molecule has 5 heteroatoms. The molecule has 1 amide bonds. The number of anilines is 1. The molecule has 1 aromatic carbocycles. The van der Waals surface area contributed by atoms with Gasteiger partial charge in [0.25, 0.3) is 0 Å². The molecule has 1 aliphatic rings. The maximum absolute atomic E-state index is 12.1. The van der Waals surface area contributed by atoms with E-state index in [1.165, 1.54) is 0 Å². The first-order valence-electron chi connectivity index (χ1n) is 6.63. The van der Waals surface area contributed by atoms with Gasteiger partial charge in [-0.15, -0.1) is 11.3 Å². The third-order valence-electron chi connectivity index (χ3n) is 3.35. The van der Waals surface area contributed by atoms with Crippen molar-refractivity contribution in [1.29, 1.82) is 0 Å². The van der Waals surface area contributed by atoms with Crippen LogP contribution in [-0.2, 0) is 9.53 Å². The number of hydrogen-bond acceptors (Lipinski definition) is 4. The smallest absolute Gasteiger partial charge is 0.229 e. The van der Waals surface area contributed by atoms with Crippen molar-refractivity contribution in [3.8, 4) is 11.3 Å². The van der Waals surface area contributed by atoms with Crippen molar-refractivity contribution in [1.82, 2.24) is 4.98 Å². The summed E-state index contributed by atoms with van der Waals surface area (Å²) in [6.45, 7) is 3.19. The minimum Gasteiger partial charge on any atom is -0.381 e. The first kappa shape index (κ1) is 13.3. The molecule has 1 aliphatic heterocycles. The Kier molecular flexibility index (Phi) is 3.80. The van der Waals surface area contributed by atoms with E-state index in [9.17, 15) is 4.79 Å². The fraction of sp³-hybridized carbons (Fsp3) is 0.333. The highest BCUT2D eigenvalue weighted by Crippen LogP contribution is 2.24. The third kappa shape index (κ3) is 2.89. The molecular formula is C15H16N2O2S. The van der Waals surface area contributed by atoms with Crippen molar-refractivity contribution < 1.29 is 9.53 Å². The van der Waals surface area contributed by atoms with Crippen molar-refractivity contribution in [3.05, 3.63) is 34.7 Å². The molecule has 4 nitrogen and oxygen atoms in total. The topological polar surface area (TPSA) is 51.2 Å². The molecule has 1 N–H and O–H groups in total. The van der Waals surface area contributed by atoms with Crippen molar-refractivity contribution >= 4 is 22.9 Å². The molecule has 1 saturated heterocycles. The summed E-state index contributed by atoms with van der Waals surface area (Å²) in [4.78, 5) is 16.5. The molecule has 2 heterocycles. The fourth-order valence-electron chi connectivity index (χ4n) is 2.24. The highest BCUT2D eigenvalue weighted by atomic mass is 32.1. The number of hydrogen-bond donors (Lipinski definition) is 1. The van der Waals surface area contributed by atoms with Crippen molar-refractivity contribution in [2.75, 3.05) is 18.5 Å². The molecule has 1 fully saturated rings. The van der Waals surface area contributed by atoms with E-state index in [-0.39, 0.29) is 11.8 Å². The zero-order valence-corrected chi connectivity index (χ0v) is 12.1. The Hall–Kier alpha value is -1.72. The van der Waals surface area contributed by atoms with Crippen LogP contribution in [0.5, 0.6) is 0 Å². The van der Waals surface area contributed by atoms with Crippen LogP contribution in [0.4, 0.5) is 5.69 Å². The van der Waals surface area contributed by atoms with Gasteiger partial charge in [0.1, 0.15) is 0 Å². The summed E-state index contributed by atoms with van der Waals surface area (Å²) in [6.07, 6.45) is 0.802. The molecule has 1 aromatic heterocycles. The summed E-state index contributed by atoms with van der Waals surface area (Å²) in [5.74, 6) is 0.00859. The largest absolute Gasteiger partial charge is 0.381 e. The second-order valence-electron chi connectivity index (χ2n) is 4.88. The Morgan fingerprint density at radius 3 is 3.10 bits per heavy atom. The predicted octanol–water partition coefficient (Wildman–Crippen LogP) is 3.09. The van der Waals surface area contributed by atoms with E-state index in [2.05, 4.69) is 10.3 Å². The van der Waals surface area contributed by atoms with E-state index in [1.54, 1.807) is 11.3 Å². The quantitative estimate of drug-likeness (QED) is 0.944. The van der Waals surface area contributed by atoms with Gasteiger partial charge in [0.05, 0.1) is 23.2 Å². The van der Waals surface area contributed by atoms with Crippen LogP contribution in [0.2, 0.25) is 0 Å². The van der Waals surface area contributed by atoms with Crippen LogP contribution >= 0.6 is 11.3 Å². The van der Waals surface area contributed by atoms with Crippen molar-refractivity contribution in [3.63, 3.8) is 0 Å². The van der Waals surface area contributed by atoms with Gasteiger partial charge in [-0.3, -0.25) is 4.79 Å². The number of nitrogens with zero attached hydrogens (tertiary/aromatic N) is 1. The third-order valence-corrected chi connectivity index (χ3v) is 4.12. The number of aryl methyl sites for hydroxylation is 1. The number of thiazole rings is 1. The number of ether oxygens (including phenoxy) is 1. The maximum Gasteiger partial charge on any atom is 0.229 e. The lowest BCUT2D eigenvalue weighted by molar-refractivity contribution is -0.119. The number of benzene rings is 1. The lowest BCUT2D eigenvalue weighted by atomic mass is 10.1. The highest BCUT2D eigenvalue weighted by molar-refractivity contribution is 7.09. The van der Waals surface area contributed by atoms with Gasteiger partial charge < -0.3 is 10.1 Å². The van der Waals surface area contributed by atoms with Gasteiger partial charge in [-0.1, -0.05) is 12.1 Å². The van der Waals surface area contributed by atoms with Crippen LogP contribution in [0, 0.1) is 12.8 Å². The Balaban J connectivity index is 1.75. The van der Waals surface area contributed by atoms with Gasteiger partial charge in [0, 0.05) is 23.2 Å². The summed E-state index contributed by atoms with van der Waals surface area (Å²) < 4.78 is 5.24. The predicted molar refractivity (Wildman–Crippen MR) is 79.8 cm³/mol. The van der Waals surface area contributed by atoms with Gasteiger partial charge >= 0.3 is 0 Å². The molecule has 20 heavy (non-hydrogen) atoms. The first-order valence-corrected chi connectivity index (χ1v) is 7.51. The van der Waals surface area contributed by atoms with Gasteiger partial charge in [-0.25, -0.2) is 4.98 Å². The summed E-state index contributed by atoms with van der Waals surface area (Å²) in [5.41, 5.74) is 2.78. The van der Waals surface area contributed by atoms with E-state index in [0.717, 1.165) is 28.4 Å². The zero-order chi connectivity index (χ0) is 13.9. The molecule has 0 radical (unpaired) electrons. The molecule has 0 bridgehead atoms. The molecule has 3 rings (SSSR count). The number of carbonyl (C=O) groups is 1. The van der Waals surface area contributed by atoms with E-state index in [0.29, 0.717) is 13.2 Å². The summed E-state index contributed by atoms with van der Waals surface area (Å²) in [7, 11) is 0. The van der Waals surface area contributed by atoms with Crippen LogP contribution in [0.25, 0.3) is 11.3 Å². The second-order valence-corrected chi connectivity index (χ2v) is 5.94. The van der Waals surface area contributed by atoms with Gasteiger partial charge in [0.15, 0.2) is 0 Å². The van der Waals surface area contributed by atoms with Crippen molar-refractivity contribution in [2.45, 2.75) is 13.3 Å². The minimum atomic E-state index is -0.0276. The van der Waals surface area contributed by atoms with Gasteiger partial charge in [0.2, 0.25) is 5.91 Å². The lowest BCUT2D eigenvalue weighted by Gasteiger charge is -2.10. The Morgan fingerprint density at radius 1 is 1.50 bits per heavy atom. The molecule has 0 saturated carbocycles. The Morgan fingerprint density at radius 2 is 2.40 bits per heavy atom. The molecule has 2 aromatic rings. The molecule has 1 atom stereocenters. The standard InChI is InChI=1S/C15H16N2O2S/c1-10-16-14(9-20-10)11-3-2-4-13(7-11)17-15(18)12-5-6-19-8-12/h2-4,7,9,12H,5-6,8H2,1H3,(H,17,18)/t12-/m0/s1. The zero-order valence-electron chi connectivity index (χ0n) is 11.3. The van der Waals surface area contributed by atoms with Crippen LogP contribution in [0.3, 0.4) is 0 Å². The number of carbonyl (C=O) groups excluding carboxylic acids is 1.